The lowest BCUT2D eigenvalue weighted by atomic mass is 10.1. The normalized spacial score (nSPS) is 17.4. The van der Waals surface area contributed by atoms with Crippen molar-refractivity contribution in [1.29, 1.82) is 0 Å². The van der Waals surface area contributed by atoms with Crippen molar-refractivity contribution in [3.05, 3.63) is 60.7 Å². The molecule has 3 aromatic rings. The molecule has 1 saturated heterocycles. The molecule has 24 heavy (non-hydrogen) atoms. The van der Waals surface area contributed by atoms with Crippen LogP contribution in [0.2, 0.25) is 0 Å². The van der Waals surface area contributed by atoms with E-state index in [-0.39, 0.29) is 5.82 Å². The van der Waals surface area contributed by atoms with E-state index in [0.29, 0.717) is 18.4 Å². The predicted molar refractivity (Wildman–Crippen MR) is 91.8 cm³/mol. The second-order valence-electron chi connectivity index (χ2n) is 6.07. The van der Waals surface area contributed by atoms with E-state index in [1.807, 2.05) is 24.4 Å². The van der Waals surface area contributed by atoms with Gasteiger partial charge in [-0.3, -0.25) is 4.98 Å². The number of rotatable bonds is 4. The number of nitrogens with zero attached hydrogens (tertiary/aromatic N) is 3. The zero-order valence-corrected chi connectivity index (χ0v) is 13.2. The molecule has 1 unspecified atom stereocenters. The second kappa shape index (κ2) is 6.43. The number of para-hydroxylation sites is 1. The minimum absolute atomic E-state index is 0.348. The summed E-state index contributed by atoms with van der Waals surface area (Å²) in [4.78, 5) is 10.7. The fourth-order valence-electron chi connectivity index (χ4n) is 3.19. The van der Waals surface area contributed by atoms with Gasteiger partial charge < -0.3 is 9.64 Å². The highest BCUT2D eigenvalue weighted by molar-refractivity contribution is 5.91. The van der Waals surface area contributed by atoms with Crippen LogP contribution in [0.1, 0.15) is 6.42 Å². The van der Waals surface area contributed by atoms with Gasteiger partial charge in [-0.1, -0.05) is 18.2 Å². The zero-order valence-electron chi connectivity index (χ0n) is 13.2. The highest BCUT2D eigenvalue weighted by Gasteiger charge is 2.24. The van der Waals surface area contributed by atoms with Crippen molar-refractivity contribution in [2.75, 3.05) is 24.6 Å². The van der Waals surface area contributed by atoms with E-state index in [1.165, 1.54) is 23.3 Å². The minimum atomic E-state index is -0.348. The Kier molecular flexibility index (Phi) is 3.99. The zero-order chi connectivity index (χ0) is 16.4. The molecule has 1 atom stereocenters. The van der Waals surface area contributed by atoms with Gasteiger partial charge in [0.1, 0.15) is 5.82 Å². The summed E-state index contributed by atoms with van der Waals surface area (Å²) >= 11 is 0. The Morgan fingerprint density at radius 3 is 2.92 bits per heavy atom. The molecule has 4 nitrogen and oxygen atoms in total. The molecule has 4 rings (SSSR count). The van der Waals surface area contributed by atoms with E-state index in [4.69, 9.17) is 4.74 Å². The van der Waals surface area contributed by atoms with Gasteiger partial charge in [-0.25, -0.2) is 9.37 Å². The van der Waals surface area contributed by atoms with Crippen LogP contribution in [-0.4, -0.2) is 29.7 Å². The van der Waals surface area contributed by atoms with Crippen molar-refractivity contribution in [2.24, 2.45) is 5.92 Å². The maximum absolute atomic E-state index is 12.9. The van der Waals surface area contributed by atoms with Crippen molar-refractivity contribution >= 4 is 16.6 Å². The molecule has 3 heterocycles. The molecule has 1 aliphatic rings. The molecule has 1 fully saturated rings. The summed E-state index contributed by atoms with van der Waals surface area (Å²) in [5.74, 6) is 0.562. The highest BCUT2D eigenvalue weighted by atomic mass is 19.1. The molecule has 122 valence electrons. The van der Waals surface area contributed by atoms with Gasteiger partial charge in [0.2, 0.25) is 5.88 Å². The molecule has 1 aliphatic heterocycles. The minimum Gasteiger partial charge on any atom is -0.477 e. The van der Waals surface area contributed by atoms with Crippen molar-refractivity contribution in [1.82, 2.24) is 9.97 Å². The lowest BCUT2D eigenvalue weighted by molar-refractivity contribution is 0.251. The topological polar surface area (TPSA) is 38.2 Å². The molecule has 0 aliphatic carbocycles. The monoisotopic (exact) mass is 323 g/mol. The van der Waals surface area contributed by atoms with E-state index in [0.717, 1.165) is 25.0 Å². The SMILES string of the molecule is Fc1ccc(OCC2CCN(c3ccnc4ccccc34)C2)nc1. The third-order valence-corrected chi connectivity index (χ3v) is 4.42. The van der Waals surface area contributed by atoms with E-state index in [9.17, 15) is 4.39 Å². The van der Waals surface area contributed by atoms with Crippen LogP contribution < -0.4 is 9.64 Å². The molecule has 2 aromatic heterocycles. The molecule has 1 aromatic carbocycles. The number of fused-ring (bicyclic) bond motifs is 1. The quantitative estimate of drug-likeness (QED) is 0.734. The largest absolute Gasteiger partial charge is 0.477 e. The van der Waals surface area contributed by atoms with Crippen LogP contribution in [0.25, 0.3) is 10.9 Å². The van der Waals surface area contributed by atoms with Crippen LogP contribution in [0.5, 0.6) is 5.88 Å². The standard InChI is InChI=1S/C19H18FN3O/c20-15-5-6-19(22-11-15)24-13-14-8-10-23(12-14)18-7-9-21-17-4-2-1-3-16(17)18/h1-7,9,11,14H,8,10,12-13H2. The van der Waals surface area contributed by atoms with Crippen LogP contribution in [0, 0.1) is 11.7 Å². The van der Waals surface area contributed by atoms with Crippen molar-refractivity contribution in [2.45, 2.75) is 6.42 Å². The first-order valence-corrected chi connectivity index (χ1v) is 8.12. The first-order valence-electron chi connectivity index (χ1n) is 8.12. The number of aromatic nitrogens is 2. The lowest BCUT2D eigenvalue weighted by Crippen LogP contribution is -2.22. The van der Waals surface area contributed by atoms with Crippen LogP contribution in [-0.2, 0) is 0 Å². The van der Waals surface area contributed by atoms with E-state index in [1.54, 1.807) is 6.07 Å². The molecule has 0 spiro atoms. The van der Waals surface area contributed by atoms with Crippen molar-refractivity contribution < 1.29 is 9.13 Å². The fraction of sp³-hybridized carbons (Fsp3) is 0.263. The molecule has 5 heteroatoms. The maximum atomic E-state index is 12.9. The van der Waals surface area contributed by atoms with E-state index < -0.39 is 0 Å². The van der Waals surface area contributed by atoms with Crippen molar-refractivity contribution in [3.8, 4) is 5.88 Å². The molecular formula is C19H18FN3O. The Morgan fingerprint density at radius 2 is 2.04 bits per heavy atom. The van der Waals surface area contributed by atoms with Crippen LogP contribution >= 0.6 is 0 Å². The molecule has 0 radical (unpaired) electrons. The molecule has 0 bridgehead atoms. The number of pyridine rings is 2. The van der Waals surface area contributed by atoms with Gasteiger partial charge in [-0.2, -0.15) is 0 Å². The average Bonchev–Trinajstić information content (AvgIpc) is 3.09. The third kappa shape index (κ3) is 3.02. The first-order chi connectivity index (χ1) is 11.8. The highest BCUT2D eigenvalue weighted by Crippen LogP contribution is 2.30. The van der Waals surface area contributed by atoms with Crippen LogP contribution in [0.15, 0.2) is 54.9 Å². The van der Waals surface area contributed by atoms with Gasteiger partial charge in [-0.15, -0.1) is 0 Å². The van der Waals surface area contributed by atoms with Gasteiger partial charge in [0.15, 0.2) is 0 Å². The number of benzene rings is 1. The lowest BCUT2D eigenvalue weighted by Gasteiger charge is -2.20. The number of anilines is 1. The van der Waals surface area contributed by atoms with Gasteiger partial charge in [0.25, 0.3) is 0 Å². The summed E-state index contributed by atoms with van der Waals surface area (Å²) in [5.41, 5.74) is 2.24. The van der Waals surface area contributed by atoms with Gasteiger partial charge in [0, 0.05) is 42.3 Å². The number of hydrogen-bond donors (Lipinski definition) is 0. The Bertz CT molecular complexity index is 832. The van der Waals surface area contributed by atoms with Crippen molar-refractivity contribution in [3.63, 3.8) is 0 Å². The molecule has 0 N–H and O–H groups in total. The summed E-state index contributed by atoms with van der Waals surface area (Å²) in [6.07, 6.45) is 4.11. The second-order valence-corrected chi connectivity index (χ2v) is 6.07. The number of hydrogen-bond acceptors (Lipinski definition) is 4. The summed E-state index contributed by atoms with van der Waals surface area (Å²) in [5, 5.41) is 1.18. The Labute approximate surface area is 139 Å². The number of halogens is 1. The average molecular weight is 323 g/mol. The Hall–Kier alpha value is -2.69. The van der Waals surface area contributed by atoms with Gasteiger partial charge in [0.05, 0.1) is 18.3 Å². The predicted octanol–water partition coefficient (Wildman–Crippen LogP) is 3.67. The maximum Gasteiger partial charge on any atom is 0.213 e. The van der Waals surface area contributed by atoms with Gasteiger partial charge >= 0.3 is 0 Å². The molecule has 0 saturated carbocycles. The number of ether oxygens (including phenoxy) is 1. The fourth-order valence-corrected chi connectivity index (χ4v) is 3.19. The van der Waals surface area contributed by atoms with E-state index in [2.05, 4.69) is 27.0 Å². The molecular weight excluding hydrogens is 305 g/mol. The smallest absolute Gasteiger partial charge is 0.213 e. The van der Waals surface area contributed by atoms with Crippen LogP contribution in [0.4, 0.5) is 10.1 Å². The summed E-state index contributed by atoms with van der Waals surface area (Å²) < 4.78 is 18.6. The first kappa shape index (κ1) is 14.9. The summed E-state index contributed by atoms with van der Waals surface area (Å²) in [6, 6.07) is 13.2. The Morgan fingerprint density at radius 1 is 1.12 bits per heavy atom. The summed E-state index contributed by atoms with van der Waals surface area (Å²) in [7, 11) is 0. The van der Waals surface area contributed by atoms with Crippen LogP contribution in [0.3, 0.4) is 0 Å². The molecule has 0 amide bonds. The Balaban J connectivity index is 1.43. The van der Waals surface area contributed by atoms with Gasteiger partial charge in [-0.05, 0) is 24.6 Å². The summed E-state index contributed by atoms with van der Waals surface area (Å²) in [6.45, 7) is 2.53. The van der Waals surface area contributed by atoms with E-state index >= 15 is 0 Å². The third-order valence-electron chi connectivity index (χ3n) is 4.42.